The van der Waals surface area contributed by atoms with E-state index in [1.807, 2.05) is 0 Å². The topological polar surface area (TPSA) is 95.9 Å². The van der Waals surface area contributed by atoms with E-state index in [-0.39, 0.29) is 60.3 Å². The number of ether oxygens (including phenoxy) is 6. The molecule has 7 bridgehead atoms. The third kappa shape index (κ3) is 2.16. The van der Waals surface area contributed by atoms with Crippen LogP contribution in [0.25, 0.3) is 0 Å². The van der Waals surface area contributed by atoms with Crippen LogP contribution in [-0.2, 0) is 33.2 Å². The molecule has 0 aromatic carbocycles. The average molecular weight is 508 g/mol. The Morgan fingerprint density at radius 2 is 1.89 bits per heavy atom. The molecule has 5 aliphatic carbocycles. The van der Waals surface area contributed by atoms with Crippen LogP contribution in [-0.4, -0.2) is 104 Å². The third-order valence-corrected chi connectivity index (χ3v) is 12.2. The van der Waals surface area contributed by atoms with Gasteiger partial charge in [-0.1, -0.05) is 13.8 Å². The lowest BCUT2D eigenvalue weighted by Crippen LogP contribution is -2.85. The minimum Gasteiger partial charge on any atom is -0.459 e. The van der Waals surface area contributed by atoms with E-state index in [9.17, 15) is 9.90 Å². The van der Waals surface area contributed by atoms with E-state index < -0.39 is 28.3 Å². The van der Waals surface area contributed by atoms with E-state index in [0.717, 1.165) is 25.9 Å². The number of aliphatic hydroxyl groups is 1. The van der Waals surface area contributed by atoms with Gasteiger partial charge in [-0.2, -0.15) is 0 Å². The van der Waals surface area contributed by atoms with Crippen LogP contribution in [0.3, 0.4) is 0 Å². The minimum absolute atomic E-state index is 0.0317. The van der Waals surface area contributed by atoms with Gasteiger partial charge in [-0.3, -0.25) is 9.69 Å². The Hall–Kier alpha value is -0.810. The van der Waals surface area contributed by atoms with Crippen molar-refractivity contribution in [1.29, 1.82) is 0 Å². The fourth-order valence-electron chi connectivity index (χ4n) is 11.7. The molecule has 0 aromatic rings. The number of rotatable bonds is 5. The predicted octanol–water partition coefficient (Wildman–Crippen LogP) is 1.35. The van der Waals surface area contributed by atoms with Crippen molar-refractivity contribution in [2.45, 2.75) is 93.7 Å². The number of piperidine rings is 1. The van der Waals surface area contributed by atoms with E-state index >= 15 is 0 Å². The molecule has 7 rings (SSSR count). The van der Waals surface area contributed by atoms with Gasteiger partial charge in [-0.15, -0.1) is 0 Å². The van der Waals surface area contributed by atoms with E-state index in [1.54, 1.807) is 21.3 Å². The normalized spacial score (nSPS) is 60.2. The largest absolute Gasteiger partial charge is 0.459 e. The molecule has 7 fully saturated rings. The summed E-state index contributed by atoms with van der Waals surface area (Å²) >= 11 is 0. The van der Waals surface area contributed by atoms with Gasteiger partial charge >= 0.3 is 5.97 Å². The SMILES string of the molecule is CCN1C[C@]2(C)CC[C@H](OC)C34[C@H]1C1(OCO[C@@]15C[C@H](OC)[C@H]1C[C@]3(O)[C@@H]5[C@H]1OC)[C@@H](OC(C)=O)[C@@H]42. The van der Waals surface area contributed by atoms with E-state index in [0.29, 0.717) is 12.8 Å². The Morgan fingerprint density at radius 3 is 2.53 bits per heavy atom. The zero-order chi connectivity index (χ0) is 25.5. The Labute approximate surface area is 213 Å². The number of carbonyl (C=O) groups is 1. The van der Waals surface area contributed by atoms with Crippen LogP contribution >= 0.6 is 0 Å². The summed E-state index contributed by atoms with van der Waals surface area (Å²) in [7, 11) is 5.23. The van der Waals surface area contributed by atoms with Crippen molar-refractivity contribution in [1.82, 2.24) is 4.90 Å². The van der Waals surface area contributed by atoms with Gasteiger partial charge in [-0.05, 0) is 31.2 Å². The quantitative estimate of drug-likeness (QED) is 0.553. The van der Waals surface area contributed by atoms with Crippen molar-refractivity contribution in [2.75, 3.05) is 41.2 Å². The number of fused-ring (bicyclic) bond motifs is 1. The number of nitrogens with zero attached hydrogens (tertiary/aromatic N) is 1. The van der Waals surface area contributed by atoms with E-state index in [4.69, 9.17) is 28.4 Å². The van der Waals surface area contributed by atoms with Crippen LogP contribution in [0.2, 0.25) is 0 Å². The molecule has 5 saturated carbocycles. The Balaban J connectivity index is 1.61. The summed E-state index contributed by atoms with van der Waals surface area (Å²) in [5.41, 5.74) is -3.94. The highest BCUT2D eigenvalue weighted by Gasteiger charge is 2.97. The highest BCUT2D eigenvalue weighted by molar-refractivity contribution is 5.67. The maximum Gasteiger partial charge on any atom is 0.303 e. The molecule has 7 aliphatic rings. The second kappa shape index (κ2) is 7.23. The molecule has 2 aliphatic heterocycles. The summed E-state index contributed by atoms with van der Waals surface area (Å²) in [5.74, 6) is -0.771. The van der Waals surface area contributed by atoms with Crippen LogP contribution in [0.15, 0.2) is 0 Å². The average Bonchev–Trinajstić information content (AvgIpc) is 3.40. The summed E-state index contributed by atoms with van der Waals surface area (Å²) in [6.07, 6.45) is 1.69. The van der Waals surface area contributed by atoms with Gasteiger partial charge in [0, 0.05) is 59.0 Å². The number of hydrogen-bond acceptors (Lipinski definition) is 9. The first-order valence-electron chi connectivity index (χ1n) is 13.7. The number of likely N-dealkylation sites (N-methyl/N-ethyl adjacent to an activating group) is 1. The second-order valence-electron chi connectivity index (χ2n) is 12.9. The summed E-state index contributed by atoms with van der Waals surface area (Å²) < 4.78 is 38.7. The smallest absolute Gasteiger partial charge is 0.303 e. The maximum atomic E-state index is 13.4. The lowest BCUT2D eigenvalue weighted by atomic mass is 9.41. The van der Waals surface area contributed by atoms with Crippen LogP contribution in [0, 0.1) is 28.6 Å². The van der Waals surface area contributed by atoms with Gasteiger partial charge in [0.1, 0.15) is 18.5 Å². The number of hydrogen-bond donors (Lipinski definition) is 1. The van der Waals surface area contributed by atoms with Crippen LogP contribution in [0.1, 0.15) is 46.5 Å². The fourth-order valence-corrected chi connectivity index (χ4v) is 11.7. The highest BCUT2D eigenvalue weighted by atomic mass is 16.7. The van der Waals surface area contributed by atoms with Gasteiger partial charge in [0.15, 0.2) is 5.60 Å². The lowest BCUT2D eigenvalue weighted by molar-refractivity contribution is -0.332. The van der Waals surface area contributed by atoms with E-state index in [1.165, 1.54) is 6.92 Å². The monoisotopic (exact) mass is 507 g/mol. The van der Waals surface area contributed by atoms with Crippen LogP contribution < -0.4 is 0 Å². The standard InChI is InChI=1S/C27H41NO8/c1-7-28-12-23(3)9-8-17(32-5)26-20(23)21(36-14(2)29)27(22(26)28)25(34-13-35-27)11-16(31-4)15-10-24(26,30)19(25)18(15)33-6/h15-22,30H,7-13H2,1-6H3/t15-,16+,17+,18+,19+,20-,21+,22+,23+,24+,25-,26?,27?/m1/s1. The third-order valence-electron chi connectivity index (χ3n) is 12.2. The van der Waals surface area contributed by atoms with Crippen LogP contribution in [0.5, 0.6) is 0 Å². The Morgan fingerprint density at radius 1 is 1.11 bits per heavy atom. The van der Waals surface area contributed by atoms with E-state index in [2.05, 4.69) is 18.7 Å². The molecule has 36 heavy (non-hydrogen) atoms. The number of methoxy groups -OCH3 is 3. The summed E-state index contributed by atoms with van der Waals surface area (Å²) in [4.78, 5) is 15.3. The molecule has 0 amide bonds. The van der Waals surface area contributed by atoms with Crippen molar-refractivity contribution in [3.63, 3.8) is 0 Å². The Kier molecular flexibility index (Phi) is 4.87. The van der Waals surface area contributed by atoms with Gasteiger partial charge in [0.2, 0.25) is 0 Å². The van der Waals surface area contributed by atoms with Gasteiger partial charge in [0.05, 0.1) is 35.4 Å². The molecule has 202 valence electrons. The van der Waals surface area contributed by atoms with Crippen molar-refractivity contribution < 1.29 is 38.3 Å². The molecule has 3 spiro atoms. The first kappa shape index (κ1) is 24.2. The molecule has 2 heterocycles. The van der Waals surface area contributed by atoms with Crippen LogP contribution in [0.4, 0.5) is 0 Å². The summed E-state index contributed by atoms with van der Waals surface area (Å²) in [6, 6.07) is -0.224. The first-order chi connectivity index (χ1) is 17.2. The molecule has 2 saturated heterocycles. The van der Waals surface area contributed by atoms with Crippen molar-refractivity contribution in [2.24, 2.45) is 28.6 Å². The molecule has 2 unspecified atom stereocenters. The zero-order valence-electron chi connectivity index (χ0n) is 22.3. The molecule has 13 atom stereocenters. The Bertz CT molecular complexity index is 979. The summed E-state index contributed by atoms with van der Waals surface area (Å²) in [5, 5.41) is 13.4. The minimum atomic E-state index is -1.16. The lowest BCUT2D eigenvalue weighted by Gasteiger charge is -2.71. The van der Waals surface area contributed by atoms with Gasteiger partial charge < -0.3 is 33.5 Å². The second-order valence-corrected chi connectivity index (χ2v) is 12.9. The molecule has 9 heteroatoms. The van der Waals surface area contributed by atoms with Crippen molar-refractivity contribution in [3.8, 4) is 0 Å². The molecular weight excluding hydrogens is 466 g/mol. The van der Waals surface area contributed by atoms with Crippen molar-refractivity contribution in [3.05, 3.63) is 0 Å². The highest BCUT2D eigenvalue weighted by Crippen LogP contribution is 2.83. The maximum absolute atomic E-state index is 13.4. The van der Waals surface area contributed by atoms with Gasteiger partial charge in [0.25, 0.3) is 0 Å². The molecular formula is C27H41NO8. The molecule has 1 N–H and O–H groups in total. The number of carbonyl (C=O) groups excluding carboxylic acids is 1. The number of esters is 1. The fraction of sp³-hybridized carbons (Fsp3) is 0.963. The molecule has 9 nitrogen and oxygen atoms in total. The molecule has 0 radical (unpaired) electrons. The number of likely N-dealkylation sites (tertiary alicyclic amines) is 1. The van der Waals surface area contributed by atoms with Gasteiger partial charge in [-0.25, -0.2) is 0 Å². The first-order valence-corrected chi connectivity index (χ1v) is 13.7. The zero-order valence-corrected chi connectivity index (χ0v) is 22.3. The predicted molar refractivity (Wildman–Crippen MR) is 126 cm³/mol. The molecule has 0 aromatic heterocycles. The summed E-state index contributed by atoms with van der Waals surface area (Å²) in [6.45, 7) is 7.72. The van der Waals surface area contributed by atoms with Crippen molar-refractivity contribution >= 4 is 5.97 Å².